The SMILES string of the molecule is CCc1ccc(N2CCC(O)(c3ccc(Cl)cc3)CC2)c(C)c1. The quantitative estimate of drug-likeness (QED) is 0.882. The minimum Gasteiger partial charge on any atom is -0.385 e. The first kappa shape index (κ1) is 16.4. The molecule has 0 aromatic heterocycles. The van der Waals surface area contributed by atoms with Gasteiger partial charge in [-0.1, -0.05) is 42.8 Å². The van der Waals surface area contributed by atoms with Crippen LogP contribution in [0.15, 0.2) is 42.5 Å². The van der Waals surface area contributed by atoms with Gasteiger partial charge < -0.3 is 10.0 Å². The molecule has 3 heteroatoms. The first-order valence-electron chi connectivity index (χ1n) is 8.35. The van der Waals surface area contributed by atoms with E-state index in [2.05, 4.69) is 36.9 Å². The molecule has 0 amide bonds. The van der Waals surface area contributed by atoms with Crippen LogP contribution in [0.2, 0.25) is 5.02 Å². The minimum atomic E-state index is -0.738. The lowest BCUT2D eigenvalue weighted by molar-refractivity contribution is 0.0117. The Morgan fingerprint density at radius 3 is 2.30 bits per heavy atom. The predicted octanol–water partition coefficient (Wildman–Crippen LogP) is 4.70. The summed E-state index contributed by atoms with van der Waals surface area (Å²) in [4.78, 5) is 2.39. The lowest BCUT2D eigenvalue weighted by Crippen LogP contribution is -2.42. The maximum atomic E-state index is 11.0. The summed E-state index contributed by atoms with van der Waals surface area (Å²) in [5.74, 6) is 0. The van der Waals surface area contributed by atoms with Gasteiger partial charge in [0, 0.05) is 23.8 Å². The molecule has 0 saturated carbocycles. The zero-order valence-corrected chi connectivity index (χ0v) is 14.6. The monoisotopic (exact) mass is 329 g/mol. The van der Waals surface area contributed by atoms with E-state index in [0.717, 1.165) is 37.9 Å². The van der Waals surface area contributed by atoms with Crippen molar-refractivity contribution in [3.05, 3.63) is 64.2 Å². The molecule has 2 nitrogen and oxygen atoms in total. The predicted molar refractivity (Wildman–Crippen MR) is 97.4 cm³/mol. The van der Waals surface area contributed by atoms with Gasteiger partial charge in [0.2, 0.25) is 0 Å². The molecule has 122 valence electrons. The van der Waals surface area contributed by atoms with Gasteiger partial charge in [0.05, 0.1) is 5.60 Å². The van der Waals surface area contributed by atoms with Gasteiger partial charge in [0.25, 0.3) is 0 Å². The molecule has 23 heavy (non-hydrogen) atoms. The summed E-state index contributed by atoms with van der Waals surface area (Å²) in [6.07, 6.45) is 2.55. The standard InChI is InChI=1S/C20H24ClNO/c1-3-16-4-9-19(15(2)14-16)22-12-10-20(23,11-13-22)17-5-7-18(21)8-6-17/h4-9,14,23H,3,10-13H2,1-2H3. The zero-order chi connectivity index (χ0) is 16.4. The molecule has 1 N–H and O–H groups in total. The van der Waals surface area contributed by atoms with Crippen molar-refractivity contribution in [1.29, 1.82) is 0 Å². The van der Waals surface area contributed by atoms with Crippen molar-refractivity contribution in [3.63, 3.8) is 0 Å². The third-order valence-electron chi connectivity index (χ3n) is 4.98. The Hall–Kier alpha value is -1.51. The molecule has 0 unspecified atom stereocenters. The molecular formula is C20H24ClNO. The van der Waals surface area contributed by atoms with Crippen LogP contribution in [-0.4, -0.2) is 18.2 Å². The maximum Gasteiger partial charge on any atom is 0.0930 e. The van der Waals surface area contributed by atoms with Crippen LogP contribution >= 0.6 is 11.6 Å². The van der Waals surface area contributed by atoms with Gasteiger partial charge in [-0.2, -0.15) is 0 Å². The fourth-order valence-corrected chi connectivity index (χ4v) is 3.58. The number of benzene rings is 2. The van der Waals surface area contributed by atoms with Crippen molar-refractivity contribution < 1.29 is 5.11 Å². The fourth-order valence-electron chi connectivity index (χ4n) is 3.46. The van der Waals surface area contributed by atoms with Crippen LogP contribution in [0.3, 0.4) is 0 Å². The first-order valence-corrected chi connectivity index (χ1v) is 8.72. The summed E-state index contributed by atoms with van der Waals surface area (Å²) in [5, 5.41) is 11.7. The van der Waals surface area contributed by atoms with Gasteiger partial charge >= 0.3 is 0 Å². The smallest absolute Gasteiger partial charge is 0.0930 e. The minimum absolute atomic E-state index is 0.710. The van der Waals surface area contributed by atoms with Crippen molar-refractivity contribution in [3.8, 4) is 0 Å². The highest BCUT2D eigenvalue weighted by Gasteiger charge is 2.34. The number of hydrogen-bond acceptors (Lipinski definition) is 2. The van der Waals surface area contributed by atoms with E-state index in [1.54, 1.807) is 0 Å². The second-order valence-electron chi connectivity index (χ2n) is 6.50. The van der Waals surface area contributed by atoms with E-state index >= 15 is 0 Å². The largest absolute Gasteiger partial charge is 0.385 e. The van der Waals surface area contributed by atoms with Crippen molar-refractivity contribution in [2.24, 2.45) is 0 Å². The second-order valence-corrected chi connectivity index (χ2v) is 6.94. The molecule has 1 fully saturated rings. The van der Waals surface area contributed by atoms with Gasteiger partial charge in [0.1, 0.15) is 0 Å². The van der Waals surface area contributed by atoms with E-state index in [9.17, 15) is 5.11 Å². The number of aryl methyl sites for hydroxylation is 2. The van der Waals surface area contributed by atoms with E-state index in [1.807, 2.05) is 24.3 Å². The molecule has 1 aliphatic heterocycles. The van der Waals surface area contributed by atoms with Crippen LogP contribution < -0.4 is 4.90 Å². The number of aliphatic hydroxyl groups is 1. The van der Waals surface area contributed by atoms with E-state index in [1.165, 1.54) is 16.8 Å². The van der Waals surface area contributed by atoms with Crippen molar-refractivity contribution in [1.82, 2.24) is 0 Å². The highest BCUT2D eigenvalue weighted by atomic mass is 35.5. The zero-order valence-electron chi connectivity index (χ0n) is 13.8. The maximum absolute atomic E-state index is 11.0. The number of hydrogen-bond donors (Lipinski definition) is 1. The highest BCUT2D eigenvalue weighted by molar-refractivity contribution is 6.30. The number of rotatable bonds is 3. The van der Waals surface area contributed by atoms with Crippen LogP contribution in [0.4, 0.5) is 5.69 Å². The van der Waals surface area contributed by atoms with E-state index < -0.39 is 5.60 Å². The molecule has 1 heterocycles. The average molecular weight is 330 g/mol. The van der Waals surface area contributed by atoms with Crippen LogP contribution in [0, 0.1) is 6.92 Å². The van der Waals surface area contributed by atoms with E-state index in [-0.39, 0.29) is 0 Å². The molecule has 1 saturated heterocycles. The van der Waals surface area contributed by atoms with Gasteiger partial charge in [-0.25, -0.2) is 0 Å². The molecular weight excluding hydrogens is 306 g/mol. The molecule has 2 aromatic carbocycles. The third-order valence-corrected chi connectivity index (χ3v) is 5.23. The normalized spacial score (nSPS) is 17.3. The van der Waals surface area contributed by atoms with E-state index in [0.29, 0.717) is 5.02 Å². The fraction of sp³-hybridized carbons (Fsp3) is 0.400. The Kier molecular flexibility index (Phi) is 4.65. The van der Waals surface area contributed by atoms with E-state index in [4.69, 9.17) is 11.6 Å². The Bertz CT molecular complexity index is 673. The molecule has 0 bridgehead atoms. The Morgan fingerprint density at radius 1 is 1.09 bits per heavy atom. The summed E-state index contributed by atoms with van der Waals surface area (Å²) in [5.41, 5.74) is 4.22. The second kappa shape index (κ2) is 6.54. The Balaban J connectivity index is 1.74. The van der Waals surface area contributed by atoms with Crippen LogP contribution in [0.25, 0.3) is 0 Å². The van der Waals surface area contributed by atoms with Gasteiger partial charge in [-0.15, -0.1) is 0 Å². The highest BCUT2D eigenvalue weighted by Crippen LogP contribution is 2.35. The number of nitrogens with zero attached hydrogens (tertiary/aromatic N) is 1. The third kappa shape index (κ3) is 3.39. The molecule has 0 aliphatic carbocycles. The lowest BCUT2D eigenvalue weighted by atomic mass is 9.84. The molecule has 0 atom stereocenters. The van der Waals surface area contributed by atoms with Gasteiger partial charge in [0.15, 0.2) is 0 Å². The van der Waals surface area contributed by atoms with Gasteiger partial charge in [-0.05, 0) is 61.1 Å². The van der Waals surface area contributed by atoms with Crippen LogP contribution in [0.5, 0.6) is 0 Å². The average Bonchev–Trinajstić information content (AvgIpc) is 2.56. The first-order chi connectivity index (χ1) is 11.0. The molecule has 1 aliphatic rings. The summed E-state index contributed by atoms with van der Waals surface area (Å²) in [7, 11) is 0. The summed E-state index contributed by atoms with van der Waals surface area (Å²) >= 11 is 5.95. The summed E-state index contributed by atoms with van der Waals surface area (Å²) in [6, 6.07) is 14.3. The topological polar surface area (TPSA) is 23.5 Å². The van der Waals surface area contributed by atoms with Gasteiger partial charge in [-0.3, -0.25) is 0 Å². The molecule has 3 rings (SSSR count). The molecule has 2 aromatic rings. The van der Waals surface area contributed by atoms with Crippen LogP contribution in [0.1, 0.15) is 36.5 Å². The number of piperidine rings is 1. The van der Waals surface area contributed by atoms with Crippen molar-refractivity contribution in [2.75, 3.05) is 18.0 Å². The van der Waals surface area contributed by atoms with Crippen molar-refractivity contribution in [2.45, 2.75) is 38.7 Å². The van der Waals surface area contributed by atoms with Crippen LogP contribution in [-0.2, 0) is 12.0 Å². The Labute approximate surface area is 143 Å². The number of halogens is 1. The van der Waals surface area contributed by atoms with Crippen molar-refractivity contribution >= 4 is 17.3 Å². The molecule has 0 spiro atoms. The summed E-state index contributed by atoms with van der Waals surface area (Å²) in [6.45, 7) is 6.09. The number of anilines is 1. The molecule has 0 radical (unpaired) electrons. The Morgan fingerprint density at radius 2 is 1.74 bits per heavy atom. The lowest BCUT2D eigenvalue weighted by Gasteiger charge is -2.40. The summed E-state index contributed by atoms with van der Waals surface area (Å²) < 4.78 is 0.